The second-order valence-electron chi connectivity index (χ2n) is 2.56. The Morgan fingerprint density at radius 1 is 1.56 bits per heavy atom. The molecule has 0 amide bonds. The molecular weight excluding hydrogens is 180 g/mol. The lowest BCUT2D eigenvalue weighted by Gasteiger charge is -2.02. The Labute approximate surface area is 64.9 Å². The molecule has 2 heteroatoms. The van der Waals surface area contributed by atoms with Crippen molar-refractivity contribution in [1.82, 2.24) is 0 Å². The average Bonchev–Trinajstić information content (AvgIpc) is 2.34. The molecule has 1 saturated heterocycles. The predicted octanol–water partition coefficient (Wildman–Crippen LogP) is 2.20. The molecule has 1 nitrogen and oxygen atoms in total. The Morgan fingerprint density at radius 2 is 2.44 bits per heavy atom. The van der Waals surface area contributed by atoms with Gasteiger partial charge < -0.3 is 4.74 Å². The number of hydrogen-bond acceptors (Lipinski definition) is 1. The fourth-order valence-corrected chi connectivity index (χ4v) is 1.50. The zero-order valence-corrected chi connectivity index (χ0v) is 7.19. The Morgan fingerprint density at radius 3 is 3.00 bits per heavy atom. The average molecular weight is 193 g/mol. The highest BCUT2D eigenvalue weighted by molar-refractivity contribution is 9.09. The van der Waals surface area contributed by atoms with E-state index in [1.807, 2.05) is 0 Å². The maximum Gasteiger partial charge on any atom is 0.0495 e. The molecule has 9 heavy (non-hydrogen) atoms. The molecule has 0 saturated carbocycles. The van der Waals surface area contributed by atoms with E-state index in [9.17, 15) is 0 Å². The molecule has 1 aliphatic heterocycles. The van der Waals surface area contributed by atoms with Crippen molar-refractivity contribution in [2.24, 2.45) is 5.92 Å². The summed E-state index contributed by atoms with van der Waals surface area (Å²) in [5, 5.41) is 1.14. The Kier molecular flexibility index (Phi) is 3.59. The van der Waals surface area contributed by atoms with Crippen molar-refractivity contribution in [3.05, 3.63) is 0 Å². The Hall–Kier alpha value is 0.440. The largest absolute Gasteiger partial charge is 0.381 e. The van der Waals surface area contributed by atoms with Gasteiger partial charge in [0.2, 0.25) is 0 Å². The summed E-state index contributed by atoms with van der Waals surface area (Å²) in [6.07, 6.45) is 3.92. The van der Waals surface area contributed by atoms with E-state index in [0.717, 1.165) is 24.5 Å². The molecule has 0 aromatic rings. The van der Waals surface area contributed by atoms with Crippen LogP contribution in [0.2, 0.25) is 0 Å². The highest BCUT2D eigenvalue weighted by Gasteiger charge is 2.13. The second kappa shape index (κ2) is 4.29. The third-order valence-corrected chi connectivity index (χ3v) is 2.33. The number of hydrogen-bond donors (Lipinski definition) is 0. The molecule has 0 aromatic heterocycles. The number of halogens is 1. The predicted molar refractivity (Wildman–Crippen MR) is 42.0 cm³/mol. The normalized spacial score (nSPS) is 27.0. The highest BCUT2D eigenvalue weighted by atomic mass is 79.9. The second-order valence-corrected chi connectivity index (χ2v) is 3.35. The van der Waals surface area contributed by atoms with Gasteiger partial charge in [-0.15, -0.1) is 0 Å². The van der Waals surface area contributed by atoms with Gasteiger partial charge in [-0.1, -0.05) is 15.9 Å². The van der Waals surface area contributed by atoms with Crippen molar-refractivity contribution in [2.75, 3.05) is 18.5 Å². The third-order valence-electron chi connectivity index (χ3n) is 1.77. The van der Waals surface area contributed by atoms with Gasteiger partial charge >= 0.3 is 0 Å². The van der Waals surface area contributed by atoms with Gasteiger partial charge in [-0.3, -0.25) is 0 Å². The van der Waals surface area contributed by atoms with Gasteiger partial charge in [-0.2, -0.15) is 0 Å². The SMILES string of the molecule is BrCCC[C@@H]1CCOC1. The summed E-state index contributed by atoms with van der Waals surface area (Å²) in [4.78, 5) is 0. The standard InChI is InChI=1S/C7H13BrO/c8-4-1-2-7-3-5-9-6-7/h7H,1-6H2/t7-/m1/s1. The molecule has 0 bridgehead atoms. The van der Waals surface area contributed by atoms with Crippen LogP contribution in [-0.2, 0) is 4.74 Å². The third kappa shape index (κ3) is 2.67. The summed E-state index contributed by atoms with van der Waals surface area (Å²) in [5.41, 5.74) is 0. The van der Waals surface area contributed by atoms with Crippen molar-refractivity contribution in [3.63, 3.8) is 0 Å². The monoisotopic (exact) mass is 192 g/mol. The van der Waals surface area contributed by atoms with E-state index < -0.39 is 0 Å². The van der Waals surface area contributed by atoms with Crippen LogP contribution in [0.25, 0.3) is 0 Å². The fraction of sp³-hybridized carbons (Fsp3) is 1.00. The molecule has 0 radical (unpaired) electrons. The highest BCUT2D eigenvalue weighted by Crippen LogP contribution is 2.17. The minimum Gasteiger partial charge on any atom is -0.381 e. The van der Waals surface area contributed by atoms with Gasteiger partial charge in [0.05, 0.1) is 0 Å². The lowest BCUT2D eigenvalue weighted by atomic mass is 10.0. The molecule has 0 N–H and O–H groups in total. The lowest BCUT2D eigenvalue weighted by molar-refractivity contribution is 0.184. The summed E-state index contributed by atoms with van der Waals surface area (Å²) < 4.78 is 5.24. The molecule has 54 valence electrons. The summed E-state index contributed by atoms with van der Waals surface area (Å²) in [7, 11) is 0. The van der Waals surface area contributed by atoms with Gasteiger partial charge in [0, 0.05) is 18.5 Å². The first-order chi connectivity index (χ1) is 4.43. The van der Waals surface area contributed by atoms with Crippen molar-refractivity contribution < 1.29 is 4.74 Å². The first-order valence-electron chi connectivity index (χ1n) is 3.57. The summed E-state index contributed by atoms with van der Waals surface area (Å²) >= 11 is 3.42. The van der Waals surface area contributed by atoms with Crippen LogP contribution in [0.4, 0.5) is 0 Å². The molecular formula is C7H13BrO. The van der Waals surface area contributed by atoms with Crippen molar-refractivity contribution in [3.8, 4) is 0 Å². The van der Waals surface area contributed by atoms with E-state index in [1.165, 1.54) is 19.3 Å². The van der Waals surface area contributed by atoms with Gasteiger partial charge in [0.15, 0.2) is 0 Å². The molecule has 1 atom stereocenters. The van der Waals surface area contributed by atoms with Crippen LogP contribution in [0.3, 0.4) is 0 Å². The Balaban J connectivity index is 1.98. The lowest BCUT2D eigenvalue weighted by Crippen LogP contribution is -1.98. The first kappa shape index (κ1) is 7.55. The van der Waals surface area contributed by atoms with Gasteiger partial charge in [-0.05, 0) is 25.2 Å². The van der Waals surface area contributed by atoms with E-state index >= 15 is 0 Å². The van der Waals surface area contributed by atoms with E-state index in [2.05, 4.69) is 15.9 Å². The fourth-order valence-electron chi connectivity index (χ4n) is 1.18. The van der Waals surface area contributed by atoms with Gasteiger partial charge in [0.1, 0.15) is 0 Å². The van der Waals surface area contributed by atoms with E-state index in [-0.39, 0.29) is 0 Å². The van der Waals surface area contributed by atoms with Crippen LogP contribution in [0.5, 0.6) is 0 Å². The summed E-state index contributed by atoms with van der Waals surface area (Å²) in [6, 6.07) is 0. The van der Waals surface area contributed by atoms with Crippen molar-refractivity contribution in [2.45, 2.75) is 19.3 Å². The zero-order valence-electron chi connectivity index (χ0n) is 5.61. The minimum absolute atomic E-state index is 0.863. The maximum atomic E-state index is 5.24. The molecule has 0 unspecified atom stereocenters. The Bertz CT molecular complexity index is 69.3. The molecule has 1 heterocycles. The minimum atomic E-state index is 0.863. The molecule has 1 rings (SSSR count). The quantitative estimate of drug-likeness (QED) is 0.624. The summed E-state index contributed by atoms with van der Waals surface area (Å²) in [6.45, 7) is 2.00. The van der Waals surface area contributed by atoms with Crippen LogP contribution >= 0.6 is 15.9 Å². The van der Waals surface area contributed by atoms with Crippen LogP contribution in [-0.4, -0.2) is 18.5 Å². The zero-order chi connectivity index (χ0) is 6.53. The first-order valence-corrected chi connectivity index (χ1v) is 4.69. The molecule has 0 spiro atoms. The van der Waals surface area contributed by atoms with E-state index in [0.29, 0.717) is 0 Å². The van der Waals surface area contributed by atoms with E-state index in [1.54, 1.807) is 0 Å². The molecule has 0 aromatic carbocycles. The summed E-state index contributed by atoms with van der Waals surface area (Å²) in [5.74, 6) is 0.863. The smallest absolute Gasteiger partial charge is 0.0495 e. The van der Waals surface area contributed by atoms with Crippen molar-refractivity contribution in [1.29, 1.82) is 0 Å². The number of ether oxygens (including phenoxy) is 1. The van der Waals surface area contributed by atoms with E-state index in [4.69, 9.17) is 4.74 Å². The van der Waals surface area contributed by atoms with Crippen LogP contribution in [0.15, 0.2) is 0 Å². The number of alkyl halides is 1. The maximum absolute atomic E-state index is 5.24. The van der Waals surface area contributed by atoms with Crippen LogP contribution in [0, 0.1) is 5.92 Å². The number of rotatable bonds is 3. The molecule has 1 fully saturated rings. The van der Waals surface area contributed by atoms with Crippen LogP contribution in [0.1, 0.15) is 19.3 Å². The van der Waals surface area contributed by atoms with Gasteiger partial charge in [-0.25, -0.2) is 0 Å². The molecule has 1 aliphatic rings. The topological polar surface area (TPSA) is 9.23 Å². The van der Waals surface area contributed by atoms with Crippen molar-refractivity contribution >= 4 is 15.9 Å². The van der Waals surface area contributed by atoms with Gasteiger partial charge in [0.25, 0.3) is 0 Å². The molecule has 0 aliphatic carbocycles. The van der Waals surface area contributed by atoms with Crippen LogP contribution < -0.4 is 0 Å².